The van der Waals surface area contributed by atoms with Crippen LogP contribution < -0.4 is 10.6 Å². The molecule has 1 aromatic heterocycles. The van der Waals surface area contributed by atoms with Crippen molar-refractivity contribution >= 4 is 11.9 Å². The molecule has 2 aliphatic heterocycles. The average Bonchev–Trinajstić information content (AvgIpc) is 2.81. The number of hydrogen-bond acceptors (Lipinski definition) is 5. The van der Waals surface area contributed by atoms with Gasteiger partial charge in [-0.25, -0.2) is 14.8 Å². The lowest BCUT2D eigenvalue weighted by molar-refractivity contribution is -0.125. The Balaban J connectivity index is 1.59. The zero-order valence-corrected chi connectivity index (χ0v) is 14.5. The van der Waals surface area contributed by atoms with Crippen molar-refractivity contribution in [1.82, 2.24) is 25.5 Å². The molecule has 0 aliphatic carbocycles. The van der Waals surface area contributed by atoms with Crippen molar-refractivity contribution in [3.05, 3.63) is 23.8 Å². The average molecular weight is 331 g/mol. The van der Waals surface area contributed by atoms with Gasteiger partial charge in [0, 0.05) is 18.7 Å². The fourth-order valence-corrected chi connectivity index (χ4v) is 3.52. The first-order chi connectivity index (χ1) is 11.4. The summed E-state index contributed by atoms with van der Waals surface area (Å²) in [7, 11) is 0. The number of nitrogens with zero attached hydrogens (tertiary/aromatic N) is 3. The van der Waals surface area contributed by atoms with Crippen molar-refractivity contribution in [2.45, 2.75) is 51.6 Å². The van der Waals surface area contributed by atoms with Crippen molar-refractivity contribution in [2.75, 3.05) is 13.1 Å². The van der Waals surface area contributed by atoms with Crippen LogP contribution >= 0.6 is 0 Å². The normalized spacial score (nSPS) is 25.8. The number of piperidine rings is 1. The summed E-state index contributed by atoms with van der Waals surface area (Å²) in [6.07, 6.45) is 3.59. The van der Waals surface area contributed by atoms with Crippen LogP contribution in [0.4, 0.5) is 4.79 Å². The summed E-state index contributed by atoms with van der Waals surface area (Å²) >= 11 is 0. The fourth-order valence-electron chi connectivity index (χ4n) is 3.52. The van der Waals surface area contributed by atoms with Gasteiger partial charge in [0.25, 0.3) is 5.91 Å². The molecular weight excluding hydrogens is 306 g/mol. The smallest absolute Gasteiger partial charge is 0.322 e. The molecule has 0 aromatic carbocycles. The van der Waals surface area contributed by atoms with Gasteiger partial charge in [-0.2, -0.15) is 0 Å². The van der Waals surface area contributed by atoms with E-state index in [1.54, 1.807) is 0 Å². The molecule has 130 valence electrons. The molecule has 0 radical (unpaired) electrons. The Morgan fingerprint density at radius 1 is 1.33 bits per heavy atom. The summed E-state index contributed by atoms with van der Waals surface area (Å²) in [4.78, 5) is 34.8. The van der Waals surface area contributed by atoms with E-state index in [9.17, 15) is 9.59 Å². The Labute approximate surface area is 142 Å². The second-order valence-electron chi connectivity index (χ2n) is 7.22. The summed E-state index contributed by atoms with van der Waals surface area (Å²) in [5, 5.41) is 5.15. The number of hydrogen-bond donors (Lipinski definition) is 2. The maximum Gasteiger partial charge on any atom is 0.322 e. The van der Waals surface area contributed by atoms with Gasteiger partial charge in [0.05, 0.1) is 5.69 Å². The summed E-state index contributed by atoms with van der Waals surface area (Å²) in [6, 6.07) is 1.58. The molecule has 0 saturated carbocycles. The Morgan fingerprint density at radius 2 is 2.04 bits per heavy atom. The lowest BCUT2D eigenvalue weighted by Crippen LogP contribution is -2.53. The van der Waals surface area contributed by atoms with Gasteiger partial charge in [0.2, 0.25) is 0 Å². The highest BCUT2D eigenvalue weighted by Crippen LogP contribution is 2.31. The number of carbonyl (C=O) groups is 2. The van der Waals surface area contributed by atoms with Crippen LogP contribution in [0.1, 0.15) is 51.0 Å². The number of aromatic nitrogens is 2. The van der Waals surface area contributed by atoms with Crippen LogP contribution in [0, 0.1) is 5.92 Å². The minimum atomic E-state index is -0.775. The van der Waals surface area contributed by atoms with Crippen molar-refractivity contribution in [2.24, 2.45) is 5.92 Å². The number of likely N-dealkylation sites (tertiary alicyclic amines) is 1. The van der Waals surface area contributed by atoms with E-state index in [1.807, 2.05) is 19.2 Å². The first kappa shape index (κ1) is 16.8. The minimum absolute atomic E-state index is 0.164. The van der Waals surface area contributed by atoms with Crippen LogP contribution in [0.25, 0.3) is 0 Å². The number of amides is 3. The molecule has 2 fully saturated rings. The molecule has 3 rings (SSSR count). The molecule has 24 heavy (non-hydrogen) atoms. The largest absolute Gasteiger partial charge is 0.323 e. The van der Waals surface area contributed by atoms with E-state index in [2.05, 4.69) is 39.3 Å². The molecule has 3 amide bonds. The van der Waals surface area contributed by atoms with Crippen molar-refractivity contribution in [3.63, 3.8) is 0 Å². The standard InChI is InChI=1S/C17H25N5O2/c1-11(2)14-18-7-4-13(19-14)10-22-8-5-12(6-9-22)17(3)15(23)20-16(24)21-17/h4,7,11-12H,5-6,8-10H2,1-3H3,(H2,20,21,23,24). The first-order valence-corrected chi connectivity index (χ1v) is 8.56. The monoisotopic (exact) mass is 331 g/mol. The SMILES string of the molecule is CC(C)c1nccc(CN2CCC(C3(C)NC(=O)NC3=O)CC2)n1. The van der Waals surface area contributed by atoms with Crippen LogP contribution in [-0.4, -0.2) is 45.4 Å². The third kappa shape index (κ3) is 3.26. The number of imide groups is 1. The highest BCUT2D eigenvalue weighted by molar-refractivity contribution is 6.06. The van der Waals surface area contributed by atoms with Gasteiger partial charge in [-0.15, -0.1) is 0 Å². The number of carbonyl (C=O) groups excluding carboxylic acids is 2. The molecule has 1 aromatic rings. The summed E-state index contributed by atoms with van der Waals surface area (Å²) in [6.45, 7) is 8.59. The van der Waals surface area contributed by atoms with E-state index in [1.165, 1.54) is 0 Å². The second-order valence-corrected chi connectivity index (χ2v) is 7.22. The minimum Gasteiger partial charge on any atom is -0.323 e. The Bertz CT molecular complexity index is 640. The summed E-state index contributed by atoms with van der Waals surface area (Å²) in [5.74, 6) is 1.15. The van der Waals surface area contributed by atoms with E-state index < -0.39 is 5.54 Å². The Hall–Kier alpha value is -2.02. The molecule has 1 atom stereocenters. The second kappa shape index (κ2) is 6.47. The van der Waals surface area contributed by atoms with Gasteiger partial charge < -0.3 is 5.32 Å². The van der Waals surface area contributed by atoms with Gasteiger partial charge >= 0.3 is 6.03 Å². The van der Waals surface area contributed by atoms with Gasteiger partial charge in [0.15, 0.2) is 0 Å². The molecular formula is C17H25N5O2. The van der Waals surface area contributed by atoms with Crippen LogP contribution in [0.5, 0.6) is 0 Å². The third-order valence-electron chi connectivity index (χ3n) is 5.11. The maximum absolute atomic E-state index is 12.1. The van der Waals surface area contributed by atoms with E-state index in [4.69, 9.17) is 0 Å². The van der Waals surface area contributed by atoms with Crippen LogP contribution in [-0.2, 0) is 11.3 Å². The lowest BCUT2D eigenvalue weighted by atomic mass is 9.79. The predicted octanol–water partition coefficient (Wildman–Crippen LogP) is 1.41. The molecule has 2 saturated heterocycles. The van der Waals surface area contributed by atoms with Crippen molar-refractivity contribution in [3.8, 4) is 0 Å². The number of nitrogens with one attached hydrogen (secondary N) is 2. The molecule has 3 heterocycles. The quantitative estimate of drug-likeness (QED) is 0.815. The maximum atomic E-state index is 12.1. The highest BCUT2D eigenvalue weighted by Gasteiger charge is 2.48. The third-order valence-corrected chi connectivity index (χ3v) is 5.11. The van der Waals surface area contributed by atoms with E-state index in [0.29, 0.717) is 5.92 Å². The van der Waals surface area contributed by atoms with Gasteiger partial charge in [0.1, 0.15) is 11.4 Å². The molecule has 2 aliphatic rings. The number of urea groups is 1. The molecule has 0 bridgehead atoms. The predicted molar refractivity (Wildman–Crippen MR) is 89.2 cm³/mol. The highest BCUT2D eigenvalue weighted by atomic mass is 16.2. The fraction of sp³-hybridized carbons (Fsp3) is 0.647. The van der Waals surface area contributed by atoms with Crippen LogP contribution in [0.3, 0.4) is 0 Å². The van der Waals surface area contributed by atoms with Crippen LogP contribution in [0.15, 0.2) is 12.3 Å². The van der Waals surface area contributed by atoms with E-state index >= 15 is 0 Å². The zero-order chi connectivity index (χ0) is 17.3. The topological polar surface area (TPSA) is 87.2 Å². The van der Waals surface area contributed by atoms with Gasteiger partial charge in [-0.1, -0.05) is 13.8 Å². The summed E-state index contributed by atoms with van der Waals surface area (Å²) < 4.78 is 0. The number of rotatable bonds is 4. The molecule has 7 heteroatoms. The summed E-state index contributed by atoms with van der Waals surface area (Å²) in [5.41, 5.74) is 0.258. The van der Waals surface area contributed by atoms with Crippen molar-refractivity contribution < 1.29 is 9.59 Å². The van der Waals surface area contributed by atoms with Gasteiger partial charge in [-0.3, -0.25) is 15.0 Å². The molecule has 1 unspecified atom stereocenters. The lowest BCUT2D eigenvalue weighted by Gasteiger charge is -2.38. The molecule has 7 nitrogen and oxygen atoms in total. The molecule has 0 spiro atoms. The van der Waals surface area contributed by atoms with E-state index in [0.717, 1.165) is 44.0 Å². The van der Waals surface area contributed by atoms with Crippen LogP contribution in [0.2, 0.25) is 0 Å². The van der Waals surface area contributed by atoms with Crippen molar-refractivity contribution in [1.29, 1.82) is 0 Å². The first-order valence-electron chi connectivity index (χ1n) is 8.56. The van der Waals surface area contributed by atoms with E-state index in [-0.39, 0.29) is 17.9 Å². The molecule has 2 N–H and O–H groups in total. The Kier molecular flexibility index (Phi) is 4.54. The van der Waals surface area contributed by atoms with Gasteiger partial charge in [-0.05, 0) is 44.8 Å². The Morgan fingerprint density at radius 3 is 2.62 bits per heavy atom. The zero-order valence-electron chi connectivity index (χ0n) is 14.5.